The van der Waals surface area contributed by atoms with Crippen LogP contribution in [0.3, 0.4) is 0 Å². The third kappa shape index (κ3) is 4.23. The molecule has 5 nitrogen and oxygen atoms in total. The topological polar surface area (TPSA) is 57.3 Å². The average molecular weight is 401 g/mol. The van der Waals surface area contributed by atoms with Crippen LogP contribution in [0.2, 0.25) is 0 Å². The summed E-state index contributed by atoms with van der Waals surface area (Å²) in [6.07, 6.45) is 2.59. The highest BCUT2D eigenvalue weighted by Crippen LogP contribution is 2.32. The fraction of sp³-hybridized carbons (Fsp3) is 0.158. The summed E-state index contributed by atoms with van der Waals surface area (Å²) >= 11 is 3.06. The zero-order valence-electron chi connectivity index (χ0n) is 14.3. The van der Waals surface area contributed by atoms with Gasteiger partial charge in [0.15, 0.2) is 5.13 Å². The van der Waals surface area contributed by atoms with E-state index in [1.54, 1.807) is 34.6 Å². The number of nitrogens with zero attached hydrogens (tertiary/aromatic N) is 2. The molecule has 2 heterocycles. The Hall–Kier alpha value is -2.58. The van der Waals surface area contributed by atoms with Gasteiger partial charge in [-0.3, -0.25) is 4.79 Å². The molecule has 1 aliphatic heterocycles. The van der Waals surface area contributed by atoms with Gasteiger partial charge in [0.05, 0.1) is 6.54 Å². The van der Waals surface area contributed by atoms with E-state index in [9.17, 15) is 9.18 Å². The predicted octanol–water partition coefficient (Wildman–Crippen LogP) is 4.40. The van der Waals surface area contributed by atoms with Crippen molar-refractivity contribution in [1.29, 1.82) is 0 Å². The van der Waals surface area contributed by atoms with Crippen LogP contribution in [0.1, 0.15) is 5.56 Å². The van der Waals surface area contributed by atoms with Crippen molar-refractivity contribution in [3.8, 4) is 0 Å². The van der Waals surface area contributed by atoms with Crippen molar-refractivity contribution in [3.63, 3.8) is 0 Å². The van der Waals surface area contributed by atoms with Crippen molar-refractivity contribution < 1.29 is 9.18 Å². The molecule has 0 bridgehead atoms. The number of aromatic nitrogens is 1. The number of hydrogen-bond donors (Lipinski definition) is 2. The van der Waals surface area contributed by atoms with Gasteiger partial charge in [0.2, 0.25) is 5.91 Å². The summed E-state index contributed by atoms with van der Waals surface area (Å²) in [5.74, 6) is -0.352. The Morgan fingerprint density at radius 3 is 3.04 bits per heavy atom. The molecule has 2 N–H and O–H groups in total. The molecule has 3 aromatic rings. The standard InChI is InChI=1S/C19H17FN4OS2/c20-14-2-1-3-15(11-14)22-12-18(25)24-8-6-13-10-16(4-5-17(13)24)27-23-19-21-7-9-26-19/h1-5,7,9-11,22H,6,8,12H2,(H,21,23). The summed E-state index contributed by atoms with van der Waals surface area (Å²) in [4.78, 5) is 19.6. The van der Waals surface area contributed by atoms with E-state index in [0.717, 1.165) is 27.7 Å². The Kier molecular flexibility index (Phi) is 5.26. The predicted molar refractivity (Wildman–Crippen MR) is 109 cm³/mol. The molecule has 0 aliphatic carbocycles. The minimum atomic E-state index is -0.324. The third-order valence-electron chi connectivity index (χ3n) is 4.20. The Morgan fingerprint density at radius 1 is 1.30 bits per heavy atom. The van der Waals surface area contributed by atoms with E-state index in [-0.39, 0.29) is 18.3 Å². The fourth-order valence-corrected chi connectivity index (χ4v) is 4.23. The van der Waals surface area contributed by atoms with Crippen molar-refractivity contribution in [3.05, 3.63) is 65.4 Å². The fourth-order valence-electron chi connectivity index (χ4n) is 2.95. The molecule has 0 saturated heterocycles. The number of thiazole rings is 1. The minimum absolute atomic E-state index is 0.0284. The lowest BCUT2D eigenvalue weighted by Crippen LogP contribution is -2.34. The quantitative estimate of drug-likeness (QED) is 0.601. The van der Waals surface area contributed by atoms with Gasteiger partial charge in [0, 0.05) is 34.4 Å². The maximum Gasteiger partial charge on any atom is 0.246 e. The summed E-state index contributed by atoms with van der Waals surface area (Å²) in [6.45, 7) is 0.790. The molecule has 8 heteroatoms. The molecule has 0 radical (unpaired) electrons. The summed E-state index contributed by atoms with van der Waals surface area (Å²) in [5.41, 5.74) is 2.70. The molecule has 0 spiro atoms. The van der Waals surface area contributed by atoms with E-state index >= 15 is 0 Å². The maximum atomic E-state index is 13.2. The van der Waals surface area contributed by atoms with Crippen LogP contribution in [0.25, 0.3) is 0 Å². The second-order valence-electron chi connectivity index (χ2n) is 5.99. The van der Waals surface area contributed by atoms with E-state index in [4.69, 9.17) is 0 Å². The normalized spacial score (nSPS) is 12.7. The molecular formula is C19H17FN4OS2. The highest BCUT2D eigenvalue weighted by molar-refractivity contribution is 8.00. The maximum absolute atomic E-state index is 13.2. The van der Waals surface area contributed by atoms with Crippen LogP contribution in [0.15, 0.2) is 58.9 Å². The van der Waals surface area contributed by atoms with Crippen molar-refractivity contribution in [2.75, 3.05) is 28.0 Å². The zero-order valence-corrected chi connectivity index (χ0v) is 15.9. The smallest absolute Gasteiger partial charge is 0.246 e. The molecule has 1 aliphatic rings. The number of benzene rings is 2. The summed E-state index contributed by atoms with van der Waals surface area (Å²) < 4.78 is 16.4. The molecule has 2 aromatic carbocycles. The van der Waals surface area contributed by atoms with Gasteiger partial charge in [-0.1, -0.05) is 6.07 Å². The van der Waals surface area contributed by atoms with Gasteiger partial charge in [-0.2, -0.15) is 0 Å². The number of carbonyl (C=O) groups excluding carboxylic acids is 1. The van der Waals surface area contributed by atoms with Gasteiger partial charge >= 0.3 is 0 Å². The van der Waals surface area contributed by atoms with Gasteiger partial charge in [0.25, 0.3) is 0 Å². The van der Waals surface area contributed by atoms with Crippen molar-refractivity contribution in [2.45, 2.75) is 11.3 Å². The molecule has 138 valence electrons. The van der Waals surface area contributed by atoms with Crippen LogP contribution < -0.4 is 14.9 Å². The molecular weight excluding hydrogens is 383 g/mol. The van der Waals surface area contributed by atoms with E-state index in [2.05, 4.69) is 21.1 Å². The zero-order chi connectivity index (χ0) is 18.6. The molecule has 0 atom stereocenters. The summed E-state index contributed by atoms with van der Waals surface area (Å²) in [7, 11) is 0. The van der Waals surface area contributed by atoms with Gasteiger partial charge in [-0.15, -0.1) is 11.3 Å². The largest absolute Gasteiger partial charge is 0.376 e. The number of hydrogen-bond acceptors (Lipinski definition) is 6. The first-order valence-electron chi connectivity index (χ1n) is 8.44. The van der Waals surface area contributed by atoms with Crippen molar-refractivity contribution in [1.82, 2.24) is 4.98 Å². The third-order valence-corrected chi connectivity index (χ3v) is 5.81. The van der Waals surface area contributed by atoms with Gasteiger partial charge in [0.1, 0.15) is 5.82 Å². The number of halogens is 1. The number of rotatable bonds is 6. The number of anilines is 3. The van der Waals surface area contributed by atoms with Crippen molar-refractivity contribution >= 4 is 45.7 Å². The molecule has 0 unspecified atom stereocenters. The molecule has 0 saturated carbocycles. The van der Waals surface area contributed by atoms with E-state index in [0.29, 0.717) is 12.2 Å². The van der Waals surface area contributed by atoms with Gasteiger partial charge < -0.3 is 14.9 Å². The highest BCUT2D eigenvalue weighted by Gasteiger charge is 2.24. The molecule has 27 heavy (non-hydrogen) atoms. The lowest BCUT2D eigenvalue weighted by Gasteiger charge is -2.18. The van der Waals surface area contributed by atoms with Crippen LogP contribution in [0.5, 0.6) is 0 Å². The van der Waals surface area contributed by atoms with E-state index in [1.807, 2.05) is 17.5 Å². The van der Waals surface area contributed by atoms with E-state index < -0.39 is 0 Å². The van der Waals surface area contributed by atoms with Crippen LogP contribution in [-0.4, -0.2) is 24.0 Å². The molecule has 1 amide bonds. The van der Waals surface area contributed by atoms with Gasteiger partial charge in [-0.25, -0.2) is 9.37 Å². The molecule has 4 rings (SSSR count). The summed E-state index contributed by atoms with van der Waals surface area (Å²) in [5, 5.41) is 5.77. The number of fused-ring (bicyclic) bond motifs is 1. The number of amides is 1. The van der Waals surface area contributed by atoms with Crippen LogP contribution >= 0.6 is 23.3 Å². The Morgan fingerprint density at radius 2 is 2.22 bits per heavy atom. The lowest BCUT2D eigenvalue weighted by atomic mass is 10.2. The first-order chi connectivity index (χ1) is 13.2. The molecule has 0 fully saturated rings. The Balaban J connectivity index is 1.38. The van der Waals surface area contributed by atoms with Gasteiger partial charge in [-0.05, 0) is 60.3 Å². The highest BCUT2D eigenvalue weighted by atomic mass is 32.2. The van der Waals surface area contributed by atoms with Crippen LogP contribution in [0.4, 0.5) is 20.9 Å². The van der Waals surface area contributed by atoms with Crippen molar-refractivity contribution in [2.24, 2.45) is 0 Å². The first kappa shape index (κ1) is 17.8. The second kappa shape index (κ2) is 7.98. The Bertz CT molecular complexity index is 949. The monoisotopic (exact) mass is 400 g/mol. The number of nitrogens with one attached hydrogen (secondary N) is 2. The first-order valence-corrected chi connectivity index (χ1v) is 10.1. The lowest BCUT2D eigenvalue weighted by molar-refractivity contribution is -0.116. The second-order valence-corrected chi connectivity index (χ2v) is 7.77. The molecule has 1 aromatic heterocycles. The average Bonchev–Trinajstić information content (AvgIpc) is 3.34. The minimum Gasteiger partial charge on any atom is -0.376 e. The summed E-state index contributed by atoms with van der Waals surface area (Å²) in [6, 6.07) is 12.2. The number of carbonyl (C=O) groups is 1. The van der Waals surface area contributed by atoms with E-state index in [1.165, 1.54) is 24.1 Å². The Labute approximate surface area is 164 Å². The van der Waals surface area contributed by atoms with Crippen LogP contribution in [-0.2, 0) is 11.2 Å². The SMILES string of the molecule is O=C(CNc1cccc(F)c1)N1CCc2cc(SNc3nccs3)ccc21. The van der Waals surface area contributed by atoms with Crippen LogP contribution in [0, 0.1) is 5.82 Å².